The smallest absolute Gasteiger partial charge is 0.329 e. The van der Waals surface area contributed by atoms with Crippen LogP contribution in [0.25, 0.3) is 12.2 Å². The molecule has 3 aliphatic heterocycles. The van der Waals surface area contributed by atoms with Gasteiger partial charge in [-0.25, -0.2) is 4.79 Å². The summed E-state index contributed by atoms with van der Waals surface area (Å²) >= 11 is 0. The minimum Gasteiger partial charge on any atom is -0.480 e. The normalized spacial score (nSPS) is 21.7. The topological polar surface area (TPSA) is 84.3 Å². The minimum absolute atomic E-state index is 0.237. The molecule has 3 heterocycles. The predicted octanol–water partition coefficient (Wildman–Crippen LogP) is 6.18. The van der Waals surface area contributed by atoms with Gasteiger partial charge in [-0.15, -0.1) is 0 Å². The number of carbonyl (C=O) groups is 2. The highest BCUT2D eigenvalue weighted by Gasteiger charge is 2.54. The van der Waals surface area contributed by atoms with Crippen molar-refractivity contribution in [3.8, 4) is 0 Å². The molecule has 4 atom stereocenters. The third-order valence-corrected chi connectivity index (χ3v) is 9.11. The molecule has 3 aliphatic rings. The summed E-state index contributed by atoms with van der Waals surface area (Å²) in [5.74, 6) is -1.50. The van der Waals surface area contributed by atoms with Gasteiger partial charge >= 0.3 is 12.0 Å². The molecule has 7 heteroatoms. The van der Waals surface area contributed by atoms with E-state index in [0.717, 1.165) is 33.6 Å². The van der Waals surface area contributed by atoms with Crippen molar-refractivity contribution >= 4 is 35.5 Å². The number of amides is 2. The number of hydrogen-bond donors (Lipinski definition) is 2. The first kappa shape index (κ1) is 27.1. The molecular weight excluding hydrogens is 538 g/mol. The van der Waals surface area contributed by atoms with Gasteiger partial charge in [0.25, 0.3) is 0 Å². The van der Waals surface area contributed by atoms with Crippen LogP contribution in [-0.2, 0) is 4.79 Å². The Morgan fingerprint density at radius 1 is 0.698 bits per heavy atom. The number of aliphatic hydroxyl groups excluding tert-OH is 1. The van der Waals surface area contributed by atoms with Gasteiger partial charge in [0.05, 0.1) is 17.4 Å². The number of para-hydroxylation sites is 2. The molecule has 0 aromatic heterocycles. The molecule has 2 N–H and O–H groups in total. The van der Waals surface area contributed by atoms with Gasteiger partial charge in [0.2, 0.25) is 0 Å². The Balaban J connectivity index is 1.26. The Morgan fingerprint density at radius 3 is 1.74 bits per heavy atom. The zero-order valence-electron chi connectivity index (χ0n) is 23.6. The maximum Gasteiger partial charge on any atom is 0.329 e. The molecule has 0 saturated carbocycles. The van der Waals surface area contributed by atoms with Gasteiger partial charge in [0.15, 0.2) is 0 Å². The Kier molecular flexibility index (Phi) is 7.05. The van der Waals surface area contributed by atoms with Crippen LogP contribution in [0.2, 0.25) is 0 Å². The lowest BCUT2D eigenvalue weighted by Crippen LogP contribution is -2.67. The molecule has 43 heavy (non-hydrogen) atoms. The minimum atomic E-state index is -1.10. The average molecular weight is 572 g/mol. The molecule has 4 aromatic rings. The molecule has 7 rings (SSSR count). The molecule has 2 fully saturated rings. The number of aliphatic hydroxyl groups is 1. The molecule has 4 aromatic carbocycles. The van der Waals surface area contributed by atoms with Crippen LogP contribution in [-0.4, -0.2) is 62.9 Å². The number of aliphatic carboxylic acids is 1. The van der Waals surface area contributed by atoms with E-state index in [1.807, 2.05) is 121 Å². The van der Waals surface area contributed by atoms with Crippen molar-refractivity contribution in [2.45, 2.75) is 43.1 Å². The molecule has 0 radical (unpaired) electrons. The van der Waals surface area contributed by atoms with Crippen LogP contribution in [0.15, 0.2) is 109 Å². The molecule has 216 valence electrons. The first-order valence-corrected chi connectivity index (χ1v) is 14.8. The van der Waals surface area contributed by atoms with Crippen molar-refractivity contribution in [1.29, 1.82) is 0 Å². The van der Waals surface area contributed by atoms with E-state index in [0.29, 0.717) is 12.8 Å². The van der Waals surface area contributed by atoms with Crippen LogP contribution < -0.4 is 4.90 Å². The highest BCUT2D eigenvalue weighted by Crippen LogP contribution is 2.43. The largest absolute Gasteiger partial charge is 0.480 e. The summed E-state index contributed by atoms with van der Waals surface area (Å²) in [5.41, 5.74) is 5.16. The summed E-state index contributed by atoms with van der Waals surface area (Å²) in [6, 6.07) is 32.8. The van der Waals surface area contributed by atoms with Gasteiger partial charge in [-0.2, -0.15) is 0 Å². The van der Waals surface area contributed by atoms with Crippen molar-refractivity contribution < 1.29 is 19.8 Å². The van der Waals surface area contributed by atoms with Gasteiger partial charge in [0.1, 0.15) is 12.3 Å². The van der Waals surface area contributed by atoms with E-state index >= 15 is 0 Å². The Hall–Kier alpha value is -4.72. The monoisotopic (exact) mass is 571 g/mol. The van der Waals surface area contributed by atoms with E-state index < -0.39 is 30.2 Å². The Morgan fingerprint density at radius 2 is 1.21 bits per heavy atom. The molecule has 2 saturated heterocycles. The van der Waals surface area contributed by atoms with E-state index in [2.05, 4.69) is 0 Å². The van der Waals surface area contributed by atoms with Crippen LogP contribution >= 0.6 is 0 Å². The summed E-state index contributed by atoms with van der Waals surface area (Å²) in [6.07, 6.45) is 4.14. The second-order valence-corrected chi connectivity index (χ2v) is 11.5. The third kappa shape index (κ3) is 4.71. The molecule has 0 aliphatic carbocycles. The number of hydrogen-bond acceptors (Lipinski definition) is 4. The summed E-state index contributed by atoms with van der Waals surface area (Å²) in [6.45, 7) is 0.256. The number of anilines is 2. The number of carboxylic acids is 1. The van der Waals surface area contributed by atoms with Crippen LogP contribution in [0.3, 0.4) is 0 Å². The van der Waals surface area contributed by atoms with E-state index in [1.165, 1.54) is 0 Å². The maximum atomic E-state index is 14.7. The van der Waals surface area contributed by atoms with Gasteiger partial charge in [-0.1, -0.05) is 109 Å². The van der Waals surface area contributed by atoms with Gasteiger partial charge in [-0.3, -0.25) is 14.6 Å². The number of fused-ring (bicyclic) bond motifs is 4. The second kappa shape index (κ2) is 11.2. The number of benzene rings is 4. The fraction of sp³-hybridized carbons (Fsp3) is 0.222. The van der Waals surface area contributed by atoms with Crippen LogP contribution in [0.1, 0.15) is 41.0 Å². The molecule has 2 amide bonds. The first-order chi connectivity index (χ1) is 21.0. The van der Waals surface area contributed by atoms with Crippen LogP contribution in [0.4, 0.5) is 16.2 Å². The van der Waals surface area contributed by atoms with Crippen molar-refractivity contribution in [2.75, 3.05) is 11.4 Å². The van der Waals surface area contributed by atoms with Gasteiger partial charge in [-0.05, 0) is 47.2 Å². The number of carbonyl (C=O) groups excluding carboxylic acids is 1. The summed E-state index contributed by atoms with van der Waals surface area (Å²) < 4.78 is 0. The van der Waals surface area contributed by atoms with Gasteiger partial charge < -0.3 is 15.1 Å². The predicted molar refractivity (Wildman–Crippen MR) is 167 cm³/mol. The molecular formula is C36H33N3O4. The second-order valence-electron chi connectivity index (χ2n) is 11.5. The summed E-state index contributed by atoms with van der Waals surface area (Å²) in [5, 5.41) is 22.7. The van der Waals surface area contributed by atoms with Crippen molar-refractivity contribution in [1.82, 2.24) is 9.80 Å². The highest BCUT2D eigenvalue weighted by atomic mass is 16.4. The van der Waals surface area contributed by atoms with Crippen molar-refractivity contribution in [3.05, 3.63) is 131 Å². The lowest BCUT2D eigenvalue weighted by atomic mass is 9.87. The number of likely N-dealkylation sites (tertiary alicyclic amines) is 1. The number of piperazine rings is 1. The molecule has 7 nitrogen and oxygen atoms in total. The van der Waals surface area contributed by atoms with Crippen molar-refractivity contribution in [3.63, 3.8) is 0 Å². The van der Waals surface area contributed by atoms with Crippen LogP contribution in [0.5, 0.6) is 0 Å². The standard InChI is InChI=1S/C36H33N3O4/c40-34(32(26-13-3-1-4-14-26)27-15-5-2-6-16-27)37-23-28-21-22-31(33(37)35(41)42)38(28)36(43)39-29-17-9-7-11-24(29)19-20-25-12-8-10-18-30(25)39/h1-20,28,31-34,40H,21-23H2,(H,41,42)/t28-,31+,33-,34?/m0/s1. The van der Waals surface area contributed by atoms with Crippen molar-refractivity contribution in [2.24, 2.45) is 0 Å². The molecule has 1 unspecified atom stereocenters. The number of nitrogens with zero attached hydrogens (tertiary/aromatic N) is 3. The SMILES string of the molecule is O=C(O)[C@@H]1[C@H]2CC[C@@H](CN1C(O)C(c1ccccc1)c1ccccc1)N2C(=O)N1c2ccccc2C=Cc2ccccc21. The first-order valence-electron chi connectivity index (χ1n) is 14.8. The summed E-state index contributed by atoms with van der Waals surface area (Å²) in [7, 11) is 0. The van der Waals surface area contributed by atoms with Crippen LogP contribution in [0, 0.1) is 0 Å². The fourth-order valence-corrected chi connectivity index (χ4v) is 7.20. The van der Waals surface area contributed by atoms with Gasteiger partial charge in [0, 0.05) is 18.5 Å². The quantitative estimate of drug-likeness (QED) is 0.299. The zero-order valence-corrected chi connectivity index (χ0v) is 23.6. The fourth-order valence-electron chi connectivity index (χ4n) is 7.20. The van der Waals surface area contributed by atoms with E-state index in [1.54, 1.807) is 14.7 Å². The molecule has 2 bridgehead atoms. The lowest BCUT2D eigenvalue weighted by Gasteiger charge is -2.49. The van der Waals surface area contributed by atoms with E-state index in [-0.39, 0.29) is 18.6 Å². The zero-order chi connectivity index (χ0) is 29.5. The highest BCUT2D eigenvalue weighted by molar-refractivity contribution is 6.06. The number of carboxylic acid groups (broad SMARTS) is 1. The van der Waals surface area contributed by atoms with E-state index in [9.17, 15) is 19.8 Å². The Bertz CT molecular complexity index is 1590. The number of rotatable bonds is 5. The lowest BCUT2D eigenvalue weighted by molar-refractivity contribution is -0.157. The Labute approximate surface area is 250 Å². The number of urea groups is 1. The maximum absolute atomic E-state index is 14.7. The summed E-state index contributed by atoms with van der Waals surface area (Å²) in [4.78, 5) is 32.9. The molecule has 0 spiro atoms. The van der Waals surface area contributed by atoms with E-state index in [4.69, 9.17) is 0 Å². The third-order valence-electron chi connectivity index (χ3n) is 9.11. The average Bonchev–Trinajstić information content (AvgIpc) is 3.23.